The summed E-state index contributed by atoms with van der Waals surface area (Å²) < 4.78 is 32.4. The molecule has 0 unspecified atom stereocenters. The number of hydrogen-bond acceptors (Lipinski definition) is 4. The Labute approximate surface area is 164 Å². The number of piperidine rings is 1. The summed E-state index contributed by atoms with van der Waals surface area (Å²) in [6.07, 6.45) is 2.79. The zero-order valence-corrected chi connectivity index (χ0v) is 16.3. The molecule has 1 aliphatic heterocycles. The number of amides is 1. The first-order chi connectivity index (χ1) is 12.9. The number of nitrogens with one attached hydrogen (secondary N) is 1. The van der Waals surface area contributed by atoms with Crippen LogP contribution in [0.25, 0.3) is 0 Å². The number of halogens is 1. The highest BCUT2D eigenvalue weighted by atomic mass is 35.5. The first-order valence-electron chi connectivity index (χ1n) is 8.73. The third-order valence-corrected chi connectivity index (χ3v) is 6.37. The average Bonchev–Trinajstić information content (AvgIpc) is 2.67. The van der Waals surface area contributed by atoms with Crippen molar-refractivity contribution in [2.45, 2.75) is 24.2 Å². The van der Waals surface area contributed by atoms with Crippen molar-refractivity contribution in [3.63, 3.8) is 0 Å². The van der Waals surface area contributed by atoms with Gasteiger partial charge in [0.15, 0.2) is 6.61 Å². The van der Waals surface area contributed by atoms with Crippen molar-refractivity contribution in [1.82, 2.24) is 4.31 Å². The molecule has 144 valence electrons. The summed E-state index contributed by atoms with van der Waals surface area (Å²) in [4.78, 5) is 12.3. The Balaban J connectivity index is 1.64. The van der Waals surface area contributed by atoms with Gasteiger partial charge in [-0.2, -0.15) is 4.31 Å². The fourth-order valence-electron chi connectivity index (χ4n) is 2.89. The van der Waals surface area contributed by atoms with E-state index in [9.17, 15) is 13.2 Å². The van der Waals surface area contributed by atoms with Gasteiger partial charge < -0.3 is 10.1 Å². The molecule has 6 nitrogen and oxygen atoms in total. The standard InChI is InChI=1S/C19H21ClN2O4S/c20-15-6-4-8-17(12-15)26-14-19(23)21-16-7-5-9-18(13-16)27(24,25)22-10-2-1-3-11-22/h4-9,12-13H,1-3,10-11,14H2,(H,21,23). The Kier molecular flexibility index (Phi) is 6.36. The number of carbonyl (C=O) groups excluding carboxylic acids is 1. The van der Waals surface area contributed by atoms with E-state index in [-0.39, 0.29) is 17.4 Å². The summed E-state index contributed by atoms with van der Waals surface area (Å²) in [5.74, 6) is 0.0987. The first-order valence-corrected chi connectivity index (χ1v) is 10.6. The largest absolute Gasteiger partial charge is 0.484 e. The molecule has 1 amide bonds. The third-order valence-electron chi connectivity index (χ3n) is 4.24. The summed E-state index contributed by atoms with van der Waals surface area (Å²) in [7, 11) is -3.54. The summed E-state index contributed by atoms with van der Waals surface area (Å²) >= 11 is 5.87. The Morgan fingerprint density at radius 2 is 1.81 bits per heavy atom. The van der Waals surface area contributed by atoms with Crippen LogP contribution in [0.1, 0.15) is 19.3 Å². The second kappa shape index (κ2) is 8.73. The van der Waals surface area contributed by atoms with Crippen LogP contribution in [0.3, 0.4) is 0 Å². The number of hydrogen-bond donors (Lipinski definition) is 1. The van der Waals surface area contributed by atoms with Crippen molar-refractivity contribution in [2.75, 3.05) is 25.0 Å². The zero-order chi connectivity index (χ0) is 19.3. The van der Waals surface area contributed by atoms with Gasteiger partial charge in [-0.05, 0) is 49.2 Å². The van der Waals surface area contributed by atoms with Gasteiger partial charge in [0.25, 0.3) is 5.91 Å². The van der Waals surface area contributed by atoms with Crippen molar-refractivity contribution in [3.05, 3.63) is 53.6 Å². The molecule has 1 N–H and O–H groups in total. The quantitative estimate of drug-likeness (QED) is 0.793. The van der Waals surface area contributed by atoms with E-state index in [4.69, 9.17) is 16.3 Å². The maximum Gasteiger partial charge on any atom is 0.262 e. The summed E-state index contributed by atoms with van der Waals surface area (Å²) in [6.45, 7) is 0.863. The van der Waals surface area contributed by atoms with E-state index in [1.54, 1.807) is 42.5 Å². The van der Waals surface area contributed by atoms with Gasteiger partial charge in [-0.1, -0.05) is 30.2 Å². The number of rotatable bonds is 6. The normalized spacial score (nSPS) is 15.3. The molecule has 1 saturated heterocycles. The molecule has 3 rings (SSSR count). The topological polar surface area (TPSA) is 75.7 Å². The minimum atomic E-state index is -3.54. The van der Waals surface area contributed by atoms with Crippen molar-refractivity contribution in [3.8, 4) is 5.75 Å². The number of anilines is 1. The van der Waals surface area contributed by atoms with E-state index < -0.39 is 10.0 Å². The van der Waals surface area contributed by atoms with Gasteiger partial charge in [-0.25, -0.2) is 8.42 Å². The number of benzene rings is 2. The lowest BCUT2D eigenvalue weighted by molar-refractivity contribution is -0.118. The molecule has 1 fully saturated rings. The highest BCUT2D eigenvalue weighted by Crippen LogP contribution is 2.23. The lowest BCUT2D eigenvalue weighted by Crippen LogP contribution is -2.35. The molecule has 1 aliphatic rings. The molecule has 0 spiro atoms. The van der Waals surface area contributed by atoms with E-state index >= 15 is 0 Å². The molecule has 0 bridgehead atoms. The van der Waals surface area contributed by atoms with E-state index in [1.807, 2.05) is 0 Å². The maximum atomic E-state index is 12.7. The second-order valence-corrected chi connectivity index (χ2v) is 8.66. The zero-order valence-electron chi connectivity index (χ0n) is 14.7. The number of nitrogens with zero attached hydrogens (tertiary/aromatic N) is 1. The van der Waals surface area contributed by atoms with Crippen molar-refractivity contribution < 1.29 is 17.9 Å². The fraction of sp³-hybridized carbons (Fsp3) is 0.316. The van der Waals surface area contributed by atoms with Crippen LogP contribution in [-0.2, 0) is 14.8 Å². The molecular weight excluding hydrogens is 388 g/mol. The van der Waals surface area contributed by atoms with Crippen molar-refractivity contribution in [2.24, 2.45) is 0 Å². The fourth-order valence-corrected chi connectivity index (χ4v) is 4.64. The van der Waals surface area contributed by atoms with Gasteiger partial charge in [0, 0.05) is 23.8 Å². The molecule has 0 aromatic heterocycles. The third kappa shape index (κ3) is 5.22. The monoisotopic (exact) mass is 408 g/mol. The Bertz CT molecular complexity index is 911. The van der Waals surface area contributed by atoms with Crippen molar-refractivity contribution >= 4 is 33.2 Å². The predicted octanol–water partition coefficient (Wildman–Crippen LogP) is 3.53. The highest BCUT2D eigenvalue weighted by Gasteiger charge is 2.26. The van der Waals surface area contributed by atoms with Crippen LogP contribution in [0.2, 0.25) is 5.02 Å². The minimum Gasteiger partial charge on any atom is -0.484 e. The van der Waals surface area contributed by atoms with Crippen LogP contribution < -0.4 is 10.1 Å². The maximum absolute atomic E-state index is 12.7. The van der Waals surface area contributed by atoms with Crippen molar-refractivity contribution in [1.29, 1.82) is 0 Å². The van der Waals surface area contributed by atoms with Crippen LogP contribution in [0, 0.1) is 0 Å². The molecule has 27 heavy (non-hydrogen) atoms. The van der Waals surface area contributed by atoms with Gasteiger partial charge >= 0.3 is 0 Å². The molecule has 0 aliphatic carbocycles. The number of sulfonamides is 1. The number of ether oxygens (including phenoxy) is 1. The second-order valence-electron chi connectivity index (χ2n) is 6.29. The molecule has 2 aromatic carbocycles. The molecular formula is C19H21ClN2O4S. The average molecular weight is 409 g/mol. The molecule has 2 aromatic rings. The van der Waals surface area contributed by atoms with Crippen LogP contribution in [-0.4, -0.2) is 38.3 Å². The molecule has 0 atom stereocenters. The van der Waals surface area contributed by atoms with Crippen LogP contribution >= 0.6 is 11.6 Å². The van der Waals surface area contributed by atoms with E-state index in [0.29, 0.717) is 29.5 Å². The number of carbonyl (C=O) groups is 1. The molecule has 0 saturated carbocycles. The Hall–Kier alpha value is -2.09. The first kappa shape index (κ1) is 19.7. The van der Waals surface area contributed by atoms with E-state index in [1.165, 1.54) is 10.4 Å². The summed E-state index contributed by atoms with van der Waals surface area (Å²) in [5.41, 5.74) is 0.410. The summed E-state index contributed by atoms with van der Waals surface area (Å²) in [5, 5.41) is 3.18. The SMILES string of the molecule is O=C(COc1cccc(Cl)c1)Nc1cccc(S(=O)(=O)N2CCCCC2)c1. The lowest BCUT2D eigenvalue weighted by Gasteiger charge is -2.26. The van der Waals surface area contributed by atoms with Gasteiger partial charge in [0.2, 0.25) is 10.0 Å². The van der Waals surface area contributed by atoms with E-state index in [2.05, 4.69) is 5.32 Å². The van der Waals surface area contributed by atoms with Gasteiger partial charge in [0.1, 0.15) is 5.75 Å². The molecule has 0 radical (unpaired) electrons. The molecule has 1 heterocycles. The van der Waals surface area contributed by atoms with Gasteiger partial charge in [-0.3, -0.25) is 4.79 Å². The van der Waals surface area contributed by atoms with Crippen LogP contribution in [0.4, 0.5) is 5.69 Å². The van der Waals surface area contributed by atoms with Gasteiger partial charge in [0.05, 0.1) is 4.90 Å². The van der Waals surface area contributed by atoms with Crippen LogP contribution in [0.5, 0.6) is 5.75 Å². The van der Waals surface area contributed by atoms with Gasteiger partial charge in [-0.15, -0.1) is 0 Å². The predicted molar refractivity (Wildman–Crippen MR) is 105 cm³/mol. The molecule has 8 heteroatoms. The Morgan fingerprint density at radius 1 is 1.07 bits per heavy atom. The van der Waals surface area contributed by atoms with E-state index in [0.717, 1.165) is 19.3 Å². The van der Waals surface area contributed by atoms with Crippen LogP contribution in [0.15, 0.2) is 53.4 Å². The lowest BCUT2D eigenvalue weighted by atomic mass is 10.2. The smallest absolute Gasteiger partial charge is 0.262 e. The highest BCUT2D eigenvalue weighted by molar-refractivity contribution is 7.89. The summed E-state index contributed by atoms with van der Waals surface area (Å²) in [6, 6.07) is 13.0. The Morgan fingerprint density at radius 3 is 2.56 bits per heavy atom. The minimum absolute atomic E-state index is 0.179.